The largest absolute Gasteiger partial charge is 0.220 e. The Morgan fingerprint density at radius 1 is 1.45 bits per heavy atom. The average Bonchev–Trinajstić information content (AvgIpc) is 1.87. The maximum atomic E-state index is 10.8. The van der Waals surface area contributed by atoms with Gasteiger partial charge in [0.15, 0.2) is 9.84 Å². The highest BCUT2D eigenvalue weighted by atomic mass is 32.2. The van der Waals surface area contributed by atoms with Crippen molar-refractivity contribution in [3.8, 4) is 0 Å². The summed E-state index contributed by atoms with van der Waals surface area (Å²) in [4.78, 5) is 0. The second-order valence-electron chi connectivity index (χ2n) is 2.21. The van der Waals surface area contributed by atoms with E-state index in [1.54, 1.807) is 5.41 Å². The summed E-state index contributed by atoms with van der Waals surface area (Å²) in [5, 5.41) is 4.07. The lowest BCUT2D eigenvalue weighted by atomic mass is 10.6. The molecule has 0 heterocycles. The third-order valence-electron chi connectivity index (χ3n) is 0.828. The van der Waals surface area contributed by atoms with E-state index in [2.05, 4.69) is 6.58 Å². The fourth-order valence-electron chi connectivity index (χ4n) is 0.322. The highest BCUT2D eigenvalue weighted by Crippen LogP contribution is 2.11. The van der Waals surface area contributed by atoms with Gasteiger partial charge in [-0.2, -0.15) is 0 Å². The Kier molecular flexibility index (Phi) is 4.52. The van der Waals surface area contributed by atoms with Crippen molar-refractivity contribution in [2.24, 2.45) is 0 Å². The first-order chi connectivity index (χ1) is 4.98. The van der Waals surface area contributed by atoms with Crippen molar-refractivity contribution in [2.45, 2.75) is 19.1 Å². The lowest BCUT2D eigenvalue weighted by Crippen LogP contribution is -1.87. The smallest absolute Gasteiger partial charge is 0.192 e. The molecule has 0 aromatic heterocycles. The molecule has 0 aliphatic carbocycles. The standard InChI is InChI=1S/C7H12O2S2/c1-4-11(8,9)6-5-10-7(2)3/h4-7H,1H2,2-3H3/b6-5+. The zero-order valence-corrected chi connectivity index (χ0v) is 8.28. The summed E-state index contributed by atoms with van der Waals surface area (Å²) in [6.07, 6.45) is 0. The summed E-state index contributed by atoms with van der Waals surface area (Å²) in [5.41, 5.74) is 0. The second-order valence-corrected chi connectivity index (χ2v) is 5.48. The van der Waals surface area contributed by atoms with Gasteiger partial charge >= 0.3 is 0 Å². The molecule has 0 bridgehead atoms. The van der Waals surface area contributed by atoms with E-state index in [1.165, 1.54) is 11.8 Å². The van der Waals surface area contributed by atoms with Crippen LogP contribution in [0.3, 0.4) is 0 Å². The lowest BCUT2D eigenvalue weighted by Gasteiger charge is -1.95. The van der Waals surface area contributed by atoms with E-state index in [0.717, 1.165) is 10.8 Å². The Hall–Kier alpha value is -0.220. The predicted octanol–water partition coefficient (Wildman–Crippen LogP) is 2.16. The molecule has 0 saturated heterocycles. The van der Waals surface area contributed by atoms with Crippen molar-refractivity contribution in [1.29, 1.82) is 0 Å². The molecule has 0 amide bonds. The van der Waals surface area contributed by atoms with Crippen LogP contribution in [-0.2, 0) is 9.84 Å². The molecule has 0 aromatic rings. The molecule has 2 nitrogen and oxygen atoms in total. The predicted molar refractivity (Wildman–Crippen MR) is 51.0 cm³/mol. The molecule has 4 heteroatoms. The molecule has 0 N–H and O–H groups in total. The molecule has 0 spiro atoms. The minimum absolute atomic E-state index is 0.409. The Balaban J connectivity index is 4.04. The lowest BCUT2D eigenvalue weighted by molar-refractivity contribution is 0.613. The van der Waals surface area contributed by atoms with Crippen LogP contribution in [0.15, 0.2) is 22.8 Å². The highest BCUT2D eigenvalue weighted by Gasteiger charge is 1.96. The molecular formula is C7H12O2S2. The fraction of sp³-hybridized carbons (Fsp3) is 0.429. The van der Waals surface area contributed by atoms with E-state index in [-0.39, 0.29) is 0 Å². The van der Waals surface area contributed by atoms with E-state index in [9.17, 15) is 8.42 Å². The van der Waals surface area contributed by atoms with Crippen LogP contribution in [0.5, 0.6) is 0 Å². The van der Waals surface area contributed by atoms with Crippen LogP contribution in [0.25, 0.3) is 0 Å². The van der Waals surface area contributed by atoms with E-state index in [0.29, 0.717) is 5.25 Å². The molecule has 64 valence electrons. The summed E-state index contributed by atoms with van der Waals surface area (Å²) in [5.74, 6) is 0. The van der Waals surface area contributed by atoms with Crippen LogP contribution < -0.4 is 0 Å². The van der Waals surface area contributed by atoms with Crippen LogP contribution in [0.2, 0.25) is 0 Å². The van der Waals surface area contributed by atoms with E-state index < -0.39 is 9.84 Å². The van der Waals surface area contributed by atoms with Crippen molar-refractivity contribution >= 4 is 21.6 Å². The molecule has 0 aliphatic heterocycles. The number of sulfone groups is 1. The van der Waals surface area contributed by atoms with Gasteiger partial charge in [0.2, 0.25) is 0 Å². The van der Waals surface area contributed by atoms with Crippen LogP contribution in [0.1, 0.15) is 13.8 Å². The molecule has 0 rings (SSSR count). The van der Waals surface area contributed by atoms with Gasteiger partial charge in [0, 0.05) is 16.1 Å². The maximum absolute atomic E-state index is 10.8. The maximum Gasteiger partial charge on any atom is 0.192 e. The molecule has 11 heavy (non-hydrogen) atoms. The monoisotopic (exact) mass is 192 g/mol. The first-order valence-corrected chi connectivity index (χ1v) is 5.72. The van der Waals surface area contributed by atoms with Gasteiger partial charge < -0.3 is 0 Å². The molecule has 0 fully saturated rings. The highest BCUT2D eigenvalue weighted by molar-refractivity contribution is 8.04. The topological polar surface area (TPSA) is 34.1 Å². The van der Waals surface area contributed by atoms with Crippen LogP contribution in [-0.4, -0.2) is 13.7 Å². The second kappa shape index (κ2) is 4.62. The molecular weight excluding hydrogens is 180 g/mol. The molecule has 0 atom stereocenters. The van der Waals surface area contributed by atoms with E-state index >= 15 is 0 Å². The minimum Gasteiger partial charge on any atom is -0.220 e. The van der Waals surface area contributed by atoms with Gasteiger partial charge in [0.1, 0.15) is 0 Å². The van der Waals surface area contributed by atoms with E-state index in [4.69, 9.17) is 0 Å². The molecule has 0 unspecified atom stereocenters. The SMILES string of the molecule is C=CS(=O)(=O)/C=C/SC(C)C. The molecule has 0 radical (unpaired) electrons. The minimum atomic E-state index is -3.15. The van der Waals surface area contributed by atoms with Crippen LogP contribution in [0, 0.1) is 0 Å². The average molecular weight is 192 g/mol. The third kappa shape index (κ3) is 6.19. The first kappa shape index (κ1) is 10.8. The quantitative estimate of drug-likeness (QED) is 0.684. The summed E-state index contributed by atoms with van der Waals surface area (Å²) in [7, 11) is -3.15. The number of rotatable bonds is 4. The van der Waals surface area contributed by atoms with Crippen LogP contribution >= 0.6 is 11.8 Å². The summed E-state index contributed by atoms with van der Waals surface area (Å²) >= 11 is 1.47. The van der Waals surface area contributed by atoms with Gasteiger partial charge in [-0.05, 0) is 5.41 Å². The zero-order valence-electron chi connectivity index (χ0n) is 6.65. The number of thioether (sulfide) groups is 1. The Bertz CT molecular complexity index is 237. The first-order valence-electron chi connectivity index (χ1n) is 3.17. The van der Waals surface area contributed by atoms with Gasteiger partial charge in [-0.25, -0.2) is 8.42 Å². The Morgan fingerprint density at radius 2 is 2.00 bits per heavy atom. The Morgan fingerprint density at radius 3 is 2.36 bits per heavy atom. The van der Waals surface area contributed by atoms with Crippen molar-refractivity contribution in [3.63, 3.8) is 0 Å². The van der Waals surface area contributed by atoms with Crippen molar-refractivity contribution in [2.75, 3.05) is 0 Å². The molecule has 0 aliphatic rings. The normalized spacial score (nSPS) is 12.6. The zero-order chi connectivity index (χ0) is 8.91. The van der Waals surface area contributed by atoms with Crippen molar-refractivity contribution in [1.82, 2.24) is 0 Å². The van der Waals surface area contributed by atoms with Gasteiger partial charge in [-0.3, -0.25) is 0 Å². The number of hydrogen-bond acceptors (Lipinski definition) is 3. The van der Waals surface area contributed by atoms with Crippen LogP contribution in [0.4, 0.5) is 0 Å². The van der Waals surface area contributed by atoms with E-state index in [1.807, 2.05) is 13.8 Å². The third-order valence-corrected chi connectivity index (χ3v) is 2.82. The summed E-state index contributed by atoms with van der Waals surface area (Å²) in [6, 6.07) is 0. The van der Waals surface area contributed by atoms with Gasteiger partial charge in [-0.1, -0.05) is 20.4 Å². The molecule has 0 aromatic carbocycles. The van der Waals surface area contributed by atoms with Gasteiger partial charge in [0.05, 0.1) is 0 Å². The van der Waals surface area contributed by atoms with Gasteiger partial charge in [-0.15, -0.1) is 11.8 Å². The number of hydrogen-bond donors (Lipinski definition) is 0. The fourth-order valence-corrected chi connectivity index (χ4v) is 1.62. The van der Waals surface area contributed by atoms with Gasteiger partial charge in [0.25, 0.3) is 0 Å². The molecule has 0 saturated carbocycles. The summed E-state index contributed by atoms with van der Waals surface area (Å²) < 4.78 is 21.5. The van der Waals surface area contributed by atoms with Crippen molar-refractivity contribution < 1.29 is 8.42 Å². The Labute approximate surface area is 72.3 Å². The van der Waals surface area contributed by atoms with Crippen molar-refractivity contribution in [3.05, 3.63) is 22.8 Å². The summed E-state index contributed by atoms with van der Waals surface area (Å²) in [6.45, 7) is 7.17.